The monoisotopic (exact) mass is 625 g/mol. The summed E-state index contributed by atoms with van der Waals surface area (Å²) >= 11 is 0. The van der Waals surface area contributed by atoms with Gasteiger partial charge in [-0.05, 0) is 31.6 Å². The molecule has 11 nitrogen and oxygen atoms in total. The lowest BCUT2D eigenvalue weighted by atomic mass is 9.93. The van der Waals surface area contributed by atoms with E-state index in [2.05, 4.69) is 11.9 Å². The summed E-state index contributed by atoms with van der Waals surface area (Å²) < 4.78 is 10.6. The fraction of sp³-hybridized carbons (Fsp3) is 0.607. The smallest absolute Gasteiger partial charge is 0.173 e. The van der Waals surface area contributed by atoms with Gasteiger partial charge in [-0.3, -0.25) is 5.32 Å². The van der Waals surface area contributed by atoms with Crippen molar-refractivity contribution < 1.29 is 39.8 Å². The number of aliphatic hydroxyl groups excluding tert-OH is 5. The largest absolute Gasteiger partial charge is 0.388 e. The summed E-state index contributed by atoms with van der Waals surface area (Å²) in [5, 5.41) is 53.2. The summed E-state index contributed by atoms with van der Waals surface area (Å²) in [5.41, 5.74) is 11.3. The number of rotatable bonds is 15. The number of nitrogens with one attached hydrogen (secondary N) is 1. The Labute approximate surface area is 255 Å². The number of halogens is 2. The molecule has 0 saturated carbocycles. The van der Waals surface area contributed by atoms with Crippen LogP contribution in [0.2, 0.25) is 0 Å². The van der Waals surface area contributed by atoms with E-state index in [1.807, 2.05) is 55.5 Å². The summed E-state index contributed by atoms with van der Waals surface area (Å²) in [4.78, 5) is 10.0. The molecule has 10 N–H and O–H groups in total. The van der Waals surface area contributed by atoms with Gasteiger partial charge in [0, 0.05) is 0 Å². The molecule has 41 heavy (non-hydrogen) atoms. The van der Waals surface area contributed by atoms with Crippen molar-refractivity contribution in [2.24, 2.45) is 17.4 Å². The van der Waals surface area contributed by atoms with Gasteiger partial charge in [-0.25, -0.2) is 0 Å². The first-order chi connectivity index (χ1) is 18.6. The molecule has 0 amide bonds. The number of carbonyl (C=O) groups excluding carboxylic acids is 1. The van der Waals surface area contributed by atoms with Crippen molar-refractivity contribution in [1.82, 2.24) is 5.32 Å². The standard InChI is InChI=1S/C19H34N2O7.C9H13NO.2ClH/c1-2-6-14(22)21-15-17(24)16(23)13(28-19(15)26)10-27-18(25)12(20)9-11-7-4-3-5-8-11;1-2-3-4-5-6-7-9(10)8-11;;/h3-5,7,11-19,21-26H,2,6,8-10,20H2,1H3;2-6,8-9H,1,7,10H2;2*1H/b;4-3-,6-5+;;/t11?,12-,13+,14?,15+,16+,17+,18?,19?;9-;;/m00../s1. The van der Waals surface area contributed by atoms with Crippen molar-refractivity contribution in [2.75, 3.05) is 6.61 Å². The van der Waals surface area contributed by atoms with E-state index in [0.717, 1.165) is 12.7 Å². The lowest BCUT2D eigenvalue weighted by Crippen LogP contribution is -2.65. The Morgan fingerprint density at radius 2 is 1.83 bits per heavy atom. The molecule has 0 aromatic rings. The molecule has 1 aliphatic heterocycles. The second kappa shape index (κ2) is 24.0. The zero-order valence-corrected chi connectivity index (χ0v) is 25.1. The van der Waals surface area contributed by atoms with Crippen LogP contribution in [-0.4, -0.2) is 93.7 Å². The van der Waals surface area contributed by atoms with Crippen LogP contribution in [0.1, 0.15) is 39.0 Å². The van der Waals surface area contributed by atoms with Crippen molar-refractivity contribution in [3.05, 3.63) is 61.3 Å². The quantitative estimate of drug-likeness (QED) is 0.0724. The molecule has 0 radical (unpaired) electrons. The van der Waals surface area contributed by atoms with Gasteiger partial charge >= 0.3 is 0 Å². The summed E-state index contributed by atoms with van der Waals surface area (Å²) in [6.07, 6.45) is 13.3. The highest BCUT2D eigenvalue weighted by Gasteiger charge is 2.44. The average molecular weight is 627 g/mol. The van der Waals surface area contributed by atoms with Crippen LogP contribution in [0.3, 0.4) is 0 Å². The lowest BCUT2D eigenvalue weighted by molar-refractivity contribution is -0.270. The summed E-state index contributed by atoms with van der Waals surface area (Å²) in [7, 11) is 0. The number of carbonyl (C=O) groups is 1. The highest BCUT2D eigenvalue weighted by Crippen LogP contribution is 2.22. The topological polar surface area (TPSA) is 201 Å². The van der Waals surface area contributed by atoms with E-state index in [0.29, 0.717) is 25.7 Å². The lowest BCUT2D eigenvalue weighted by Gasteiger charge is -2.42. The molecule has 4 unspecified atom stereocenters. The summed E-state index contributed by atoms with van der Waals surface area (Å²) in [6, 6.07) is -2.05. The Morgan fingerprint density at radius 1 is 1.12 bits per heavy atom. The van der Waals surface area contributed by atoms with Gasteiger partial charge in [0.05, 0.1) is 24.7 Å². The van der Waals surface area contributed by atoms with E-state index in [1.165, 1.54) is 0 Å². The number of aldehydes is 1. The van der Waals surface area contributed by atoms with E-state index >= 15 is 0 Å². The van der Waals surface area contributed by atoms with Gasteiger partial charge in [0.2, 0.25) is 0 Å². The molecule has 0 bridgehead atoms. The predicted molar refractivity (Wildman–Crippen MR) is 163 cm³/mol. The normalized spacial score (nSPS) is 28.5. The number of nitrogens with two attached hydrogens (primary N) is 2. The summed E-state index contributed by atoms with van der Waals surface area (Å²) in [6.45, 7) is 5.14. The number of allylic oxidation sites excluding steroid dienone is 8. The van der Waals surface area contributed by atoms with Crippen molar-refractivity contribution in [2.45, 2.75) is 94.3 Å². The Hall–Kier alpha value is -1.45. The van der Waals surface area contributed by atoms with Gasteiger partial charge in [-0.15, -0.1) is 24.8 Å². The maximum absolute atomic E-state index is 10.3. The summed E-state index contributed by atoms with van der Waals surface area (Å²) in [5.74, 6) is 0.222. The molecule has 0 aromatic heterocycles. The SMILES string of the molecule is C=C/C=C\C=C\C[C@H](N)C=O.CCCC(O)N[C@H]1C(O)O[C@H](COC(O)[C@@H](N)CC2C=CC=CC2)[C@@H](O)[C@@H]1O.Cl.Cl. The van der Waals surface area contributed by atoms with Crippen LogP contribution in [-0.2, 0) is 14.3 Å². The number of ether oxygens (including phenoxy) is 2. The van der Waals surface area contributed by atoms with Crippen molar-refractivity contribution in [3.63, 3.8) is 0 Å². The fourth-order valence-electron chi connectivity index (χ4n) is 3.95. The van der Waals surface area contributed by atoms with Crippen molar-refractivity contribution in [3.8, 4) is 0 Å². The zero-order chi connectivity index (χ0) is 29.2. The highest BCUT2D eigenvalue weighted by molar-refractivity contribution is 5.85. The average Bonchev–Trinajstić information content (AvgIpc) is 2.92. The first-order valence-electron chi connectivity index (χ1n) is 13.3. The van der Waals surface area contributed by atoms with Gasteiger partial charge in [0.15, 0.2) is 12.6 Å². The Kier molecular flexibility index (Phi) is 24.4. The van der Waals surface area contributed by atoms with Crippen LogP contribution in [0.15, 0.2) is 61.3 Å². The molecule has 1 saturated heterocycles. The number of aliphatic hydroxyl groups is 5. The second-order valence-corrected chi connectivity index (χ2v) is 9.56. The molecule has 238 valence electrons. The van der Waals surface area contributed by atoms with Crippen molar-refractivity contribution >= 4 is 31.1 Å². The highest BCUT2D eigenvalue weighted by atomic mass is 35.5. The third-order valence-corrected chi connectivity index (χ3v) is 6.19. The Bertz CT molecular complexity index is 817. The van der Waals surface area contributed by atoms with Crippen LogP contribution >= 0.6 is 24.8 Å². The maximum Gasteiger partial charge on any atom is 0.173 e. The van der Waals surface area contributed by atoms with Gasteiger partial charge in [0.25, 0.3) is 0 Å². The van der Waals surface area contributed by atoms with E-state index in [4.69, 9.17) is 20.9 Å². The van der Waals surface area contributed by atoms with Gasteiger partial charge < -0.3 is 51.3 Å². The molecular formula is C28H49Cl2N3O8. The molecule has 1 fully saturated rings. The van der Waals surface area contributed by atoms with Gasteiger partial charge in [-0.2, -0.15) is 0 Å². The minimum absolute atomic E-state index is 0. The Morgan fingerprint density at radius 3 is 2.41 bits per heavy atom. The molecule has 2 aliphatic rings. The second-order valence-electron chi connectivity index (χ2n) is 9.56. The first-order valence-corrected chi connectivity index (χ1v) is 13.3. The fourth-order valence-corrected chi connectivity index (χ4v) is 3.95. The Balaban J connectivity index is 0. The minimum atomic E-state index is -1.46. The minimum Gasteiger partial charge on any atom is -0.388 e. The zero-order valence-electron chi connectivity index (χ0n) is 23.4. The first kappa shape index (κ1) is 41.7. The van der Waals surface area contributed by atoms with Crippen LogP contribution in [0.5, 0.6) is 0 Å². The predicted octanol–water partition coefficient (Wildman–Crippen LogP) is 0.732. The third kappa shape index (κ3) is 16.7. The molecule has 13 heteroatoms. The molecular weight excluding hydrogens is 577 g/mol. The van der Waals surface area contributed by atoms with Gasteiger partial charge in [-0.1, -0.05) is 74.6 Å². The van der Waals surface area contributed by atoms with Crippen LogP contribution in [0.4, 0.5) is 0 Å². The number of hydrogen-bond acceptors (Lipinski definition) is 11. The molecule has 0 spiro atoms. The maximum atomic E-state index is 10.3. The van der Waals surface area contributed by atoms with Gasteiger partial charge in [0.1, 0.15) is 30.8 Å². The number of hydrogen-bond donors (Lipinski definition) is 8. The van der Waals surface area contributed by atoms with Crippen molar-refractivity contribution in [1.29, 1.82) is 0 Å². The van der Waals surface area contributed by atoms with E-state index in [1.54, 1.807) is 6.08 Å². The molecule has 0 aromatic carbocycles. The molecule has 1 aliphatic carbocycles. The third-order valence-electron chi connectivity index (χ3n) is 6.19. The van der Waals surface area contributed by atoms with E-state index < -0.39 is 49.2 Å². The van der Waals surface area contributed by atoms with Crippen LogP contribution in [0.25, 0.3) is 0 Å². The van der Waals surface area contributed by atoms with Crippen LogP contribution in [0, 0.1) is 5.92 Å². The molecule has 1 heterocycles. The molecule has 10 atom stereocenters. The van der Waals surface area contributed by atoms with E-state index in [9.17, 15) is 30.3 Å². The van der Waals surface area contributed by atoms with Crippen LogP contribution < -0.4 is 16.8 Å². The van der Waals surface area contributed by atoms with E-state index in [-0.39, 0.29) is 43.4 Å². The molecule has 2 rings (SSSR count).